The van der Waals surface area contributed by atoms with Gasteiger partial charge >= 0.3 is 35.7 Å². The number of benzene rings is 2. The second kappa shape index (κ2) is 15.0. The van der Waals surface area contributed by atoms with Gasteiger partial charge in [-0.25, -0.2) is 0 Å². The molecule has 2 aromatic carbocycles. The molecule has 0 N–H and O–H groups in total. The fourth-order valence-corrected chi connectivity index (χ4v) is 3.34. The summed E-state index contributed by atoms with van der Waals surface area (Å²) in [6.45, 7) is 2.72. The molecule has 0 bridgehead atoms. The van der Waals surface area contributed by atoms with Gasteiger partial charge in [-0.3, -0.25) is 4.79 Å². The SMILES string of the molecule is C.Cc1cc(=O)c2c(OCCCCCOc3cccc4o[c-]cc(=O)c34)cccc2o1.O=C=O.[Na+]. The Hall–Kier alpha value is -3.16. The molecule has 2 aromatic heterocycles. The van der Waals surface area contributed by atoms with Crippen molar-refractivity contribution in [2.24, 2.45) is 0 Å². The normalized spacial score (nSPS) is 9.74. The van der Waals surface area contributed by atoms with Crippen LogP contribution < -0.4 is 49.9 Å². The Morgan fingerprint density at radius 2 is 1.40 bits per heavy atom. The Bertz CT molecular complexity index is 1380. The minimum Gasteiger partial charge on any atom is -0.580 e. The molecule has 0 aliphatic heterocycles. The van der Waals surface area contributed by atoms with Gasteiger partial charge in [0.15, 0.2) is 5.43 Å². The van der Waals surface area contributed by atoms with Crippen molar-refractivity contribution in [2.75, 3.05) is 13.2 Å². The van der Waals surface area contributed by atoms with E-state index in [1.165, 1.54) is 12.1 Å². The molecule has 0 unspecified atom stereocenters. The van der Waals surface area contributed by atoms with E-state index in [9.17, 15) is 9.59 Å². The third kappa shape index (κ3) is 7.94. The van der Waals surface area contributed by atoms with Crippen LogP contribution in [-0.2, 0) is 9.59 Å². The van der Waals surface area contributed by atoms with Crippen molar-refractivity contribution in [2.45, 2.75) is 33.6 Å². The van der Waals surface area contributed by atoms with Crippen molar-refractivity contribution in [3.63, 3.8) is 0 Å². The van der Waals surface area contributed by atoms with Crippen LogP contribution in [0.15, 0.2) is 67.0 Å². The Morgan fingerprint density at radius 1 is 0.857 bits per heavy atom. The van der Waals surface area contributed by atoms with Gasteiger partial charge in [0.2, 0.25) is 0 Å². The van der Waals surface area contributed by atoms with Gasteiger partial charge in [0.1, 0.15) is 28.2 Å². The molecular weight excluding hydrogens is 463 g/mol. The monoisotopic (exact) mass is 488 g/mol. The number of carbonyl (C=O) groups excluding carboxylic acids is 2. The average Bonchev–Trinajstić information content (AvgIpc) is 2.79. The van der Waals surface area contributed by atoms with Gasteiger partial charge in [0, 0.05) is 11.6 Å². The summed E-state index contributed by atoms with van der Waals surface area (Å²) in [6, 6.07) is 13.3. The molecule has 0 amide bonds. The van der Waals surface area contributed by atoms with E-state index in [2.05, 4.69) is 6.26 Å². The summed E-state index contributed by atoms with van der Waals surface area (Å²) in [5.41, 5.74) is 0.719. The number of hydrogen-bond acceptors (Lipinski definition) is 8. The van der Waals surface area contributed by atoms with Crippen molar-refractivity contribution in [3.8, 4) is 11.5 Å². The molecule has 9 heteroatoms. The molecule has 0 aliphatic rings. The predicted molar refractivity (Wildman–Crippen MR) is 125 cm³/mol. The Kier molecular flexibility index (Phi) is 12.8. The van der Waals surface area contributed by atoms with E-state index in [1.54, 1.807) is 37.3 Å². The largest absolute Gasteiger partial charge is 1.00 e. The number of ether oxygens (including phenoxy) is 2. The van der Waals surface area contributed by atoms with Crippen LogP contribution >= 0.6 is 0 Å². The summed E-state index contributed by atoms with van der Waals surface area (Å²) >= 11 is 0. The second-order valence-corrected chi connectivity index (χ2v) is 7.05. The molecule has 0 radical (unpaired) electrons. The zero-order valence-electron chi connectivity index (χ0n) is 18.9. The third-order valence-corrected chi connectivity index (χ3v) is 4.74. The van der Waals surface area contributed by atoms with Crippen LogP contribution in [-0.4, -0.2) is 19.4 Å². The van der Waals surface area contributed by atoms with E-state index in [-0.39, 0.29) is 54.0 Å². The van der Waals surface area contributed by atoms with E-state index < -0.39 is 0 Å². The quantitative estimate of drug-likeness (QED) is 0.209. The molecule has 178 valence electrons. The maximum Gasteiger partial charge on any atom is 1.00 e. The minimum atomic E-state index is -0.171. The first-order valence-corrected chi connectivity index (χ1v) is 10.3. The summed E-state index contributed by atoms with van der Waals surface area (Å²) < 4.78 is 22.4. The Balaban J connectivity index is 0.00000117. The number of aryl methyl sites for hydroxylation is 1. The smallest absolute Gasteiger partial charge is 0.580 e. The van der Waals surface area contributed by atoms with E-state index in [0.717, 1.165) is 19.3 Å². The molecule has 0 spiro atoms. The molecule has 2 heterocycles. The number of hydrogen-bond donors (Lipinski definition) is 0. The zero-order chi connectivity index (χ0) is 23.6. The number of rotatable bonds is 8. The predicted octanol–water partition coefficient (Wildman–Crippen LogP) is 1.69. The van der Waals surface area contributed by atoms with Gasteiger partial charge in [-0.2, -0.15) is 9.59 Å². The van der Waals surface area contributed by atoms with E-state index in [4.69, 9.17) is 27.9 Å². The van der Waals surface area contributed by atoms with Crippen LogP contribution in [0.25, 0.3) is 21.9 Å². The summed E-state index contributed by atoms with van der Waals surface area (Å²) in [6.07, 6.45) is 5.22. The number of unbranched alkanes of at least 4 members (excludes halogenated alkanes) is 2. The van der Waals surface area contributed by atoms with E-state index in [1.807, 2.05) is 6.07 Å². The molecule has 35 heavy (non-hydrogen) atoms. The summed E-state index contributed by atoms with van der Waals surface area (Å²) in [4.78, 5) is 40.5. The fourth-order valence-electron chi connectivity index (χ4n) is 3.34. The van der Waals surface area contributed by atoms with Crippen molar-refractivity contribution in [1.29, 1.82) is 0 Å². The molecular formula is C26H25NaO8. The van der Waals surface area contributed by atoms with Crippen molar-refractivity contribution < 1.29 is 57.5 Å². The van der Waals surface area contributed by atoms with Gasteiger partial charge in [-0.15, -0.1) is 0 Å². The Morgan fingerprint density at radius 3 is 2.00 bits per heavy atom. The van der Waals surface area contributed by atoms with Gasteiger partial charge < -0.3 is 23.1 Å². The van der Waals surface area contributed by atoms with Crippen LogP contribution in [0.3, 0.4) is 0 Å². The van der Waals surface area contributed by atoms with Gasteiger partial charge in [-0.1, -0.05) is 31.7 Å². The molecule has 0 atom stereocenters. The minimum absolute atomic E-state index is 0. The van der Waals surface area contributed by atoms with Crippen molar-refractivity contribution >= 4 is 28.1 Å². The van der Waals surface area contributed by atoms with Crippen LogP contribution in [0.4, 0.5) is 0 Å². The number of fused-ring (bicyclic) bond motifs is 2. The van der Waals surface area contributed by atoms with E-state index >= 15 is 0 Å². The molecule has 0 aliphatic carbocycles. The first-order valence-electron chi connectivity index (χ1n) is 10.3. The summed E-state index contributed by atoms with van der Waals surface area (Å²) in [5.74, 6) is 1.63. The summed E-state index contributed by atoms with van der Waals surface area (Å²) in [5, 5.41) is 0.906. The topological polar surface area (TPSA) is 113 Å². The first-order chi connectivity index (χ1) is 16.0. The maximum absolute atomic E-state index is 12.3. The van der Waals surface area contributed by atoms with Crippen molar-refractivity contribution in [3.05, 3.63) is 81.0 Å². The molecule has 8 nitrogen and oxygen atoms in total. The van der Waals surface area contributed by atoms with Crippen molar-refractivity contribution in [1.82, 2.24) is 0 Å². The zero-order valence-corrected chi connectivity index (χ0v) is 20.9. The molecule has 4 aromatic rings. The van der Waals surface area contributed by atoms with Gasteiger partial charge in [0.25, 0.3) is 0 Å². The molecule has 0 saturated carbocycles. The second-order valence-electron chi connectivity index (χ2n) is 7.05. The van der Waals surface area contributed by atoms with Crippen LogP contribution in [0.1, 0.15) is 32.4 Å². The van der Waals surface area contributed by atoms with Gasteiger partial charge in [-0.05, 0) is 56.0 Å². The standard InChI is InChI=1S/C24H21O6.CO2.CH4.Na/c1-16-15-18(26)24-21(9-6-10-22(24)30-16)28-13-4-2-3-12-27-19-7-5-8-20-23(19)17(25)11-14-29-20;2-1-3;;/h5-11,15H,2-4,12-13H2,1H3;;1H4;/q-1;;;+1. The first kappa shape index (κ1) is 29.9. The molecule has 0 fully saturated rings. The van der Waals surface area contributed by atoms with Crippen LogP contribution in [0.5, 0.6) is 11.5 Å². The Labute approximate surface area is 224 Å². The average molecular weight is 488 g/mol. The third-order valence-electron chi connectivity index (χ3n) is 4.74. The van der Waals surface area contributed by atoms with E-state index in [0.29, 0.717) is 52.4 Å². The van der Waals surface area contributed by atoms with Crippen LogP contribution in [0, 0.1) is 13.2 Å². The molecule has 0 saturated heterocycles. The molecule has 4 rings (SSSR count). The maximum atomic E-state index is 12.3. The van der Waals surface area contributed by atoms with Gasteiger partial charge in [0.05, 0.1) is 18.6 Å². The summed E-state index contributed by atoms with van der Waals surface area (Å²) in [7, 11) is 0. The fraction of sp³-hybridized carbons (Fsp3) is 0.269. The van der Waals surface area contributed by atoms with Crippen LogP contribution in [0.2, 0.25) is 0 Å².